The first-order valence-corrected chi connectivity index (χ1v) is 8.16. The Morgan fingerprint density at radius 2 is 1.95 bits per heavy atom. The molecule has 5 nitrogen and oxygen atoms in total. The van der Waals surface area contributed by atoms with E-state index in [1.54, 1.807) is 12.1 Å². The highest BCUT2D eigenvalue weighted by atomic mass is 32.2. The van der Waals surface area contributed by atoms with E-state index in [1.807, 2.05) is 20.8 Å². The molecule has 1 aromatic rings. The summed E-state index contributed by atoms with van der Waals surface area (Å²) in [5, 5.41) is 8.88. The van der Waals surface area contributed by atoms with Crippen LogP contribution in [0.1, 0.15) is 36.7 Å². The van der Waals surface area contributed by atoms with Gasteiger partial charge in [0.25, 0.3) is 0 Å². The molecule has 0 saturated carbocycles. The van der Waals surface area contributed by atoms with Crippen LogP contribution in [0.3, 0.4) is 0 Å². The molecule has 0 aliphatic carbocycles. The Labute approximate surface area is 120 Å². The number of hydrogen-bond acceptors (Lipinski definition) is 3. The third kappa shape index (κ3) is 5.30. The first kappa shape index (κ1) is 16.7. The zero-order valence-corrected chi connectivity index (χ0v) is 12.8. The van der Waals surface area contributed by atoms with Gasteiger partial charge in [0, 0.05) is 6.54 Å². The molecule has 2 N–H and O–H groups in total. The number of carboxylic acid groups (broad SMARTS) is 1. The molecule has 0 bridgehead atoms. The number of nitrogens with one attached hydrogen (secondary N) is 1. The second kappa shape index (κ2) is 6.85. The van der Waals surface area contributed by atoms with Gasteiger partial charge in [0.15, 0.2) is 0 Å². The summed E-state index contributed by atoms with van der Waals surface area (Å²) in [6, 6.07) is 5.97. The Kier molecular flexibility index (Phi) is 5.71. The van der Waals surface area contributed by atoms with Crippen molar-refractivity contribution in [1.29, 1.82) is 0 Å². The fraction of sp³-hybridized carbons (Fsp3) is 0.500. The van der Waals surface area contributed by atoms with Crippen molar-refractivity contribution in [2.24, 2.45) is 11.8 Å². The maximum Gasteiger partial charge on any atom is 0.335 e. The van der Waals surface area contributed by atoms with Crippen molar-refractivity contribution in [2.75, 3.05) is 6.54 Å². The first-order valence-electron chi connectivity index (χ1n) is 6.51. The summed E-state index contributed by atoms with van der Waals surface area (Å²) < 4.78 is 26.5. The molecule has 0 heterocycles. The van der Waals surface area contributed by atoms with E-state index in [-0.39, 0.29) is 17.2 Å². The van der Waals surface area contributed by atoms with E-state index in [4.69, 9.17) is 5.11 Å². The van der Waals surface area contributed by atoms with E-state index < -0.39 is 16.0 Å². The highest BCUT2D eigenvalue weighted by Gasteiger charge is 2.15. The van der Waals surface area contributed by atoms with Gasteiger partial charge in [-0.05, 0) is 29.5 Å². The van der Waals surface area contributed by atoms with Crippen LogP contribution < -0.4 is 4.72 Å². The molecule has 0 fully saturated rings. The number of aromatic carboxylic acids is 1. The molecule has 20 heavy (non-hydrogen) atoms. The van der Waals surface area contributed by atoms with Crippen LogP contribution >= 0.6 is 0 Å². The third-order valence-corrected chi connectivity index (χ3v) is 4.61. The van der Waals surface area contributed by atoms with Gasteiger partial charge in [-0.25, -0.2) is 17.9 Å². The fourth-order valence-electron chi connectivity index (χ4n) is 1.56. The van der Waals surface area contributed by atoms with Crippen molar-refractivity contribution in [3.05, 3.63) is 35.4 Å². The largest absolute Gasteiger partial charge is 0.478 e. The Morgan fingerprint density at radius 3 is 2.50 bits per heavy atom. The zero-order valence-electron chi connectivity index (χ0n) is 12.0. The lowest BCUT2D eigenvalue weighted by Crippen LogP contribution is -2.31. The van der Waals surface area contributed by atoms with E-state index in [0.29, 0.717) is 18.0 Å². The zero-order chi connectivity index (χ0) is 15.3. The summed E-state index contributed by atoms with van der Waals surface area (Å²) in [7, 11) is -3.45. The number of carbonyl (C=O) groups is 1. The summed E-state index contributed by atoms with van der Waals surface area (Å²) in [5.74, 6) is -0.632. The van der Waals surface area contributed by atoms with Crippen molar-refractivity contribution in [1.82, 2.24) is 4.72 Å². The lowest BCUT2D eigenvalue weighted by Gasteiger charge is -2.16. The number of hydrogen-bond donors (Lipinski definition) is 2. The lowest BCUT2D eigenvalue weighted by molar-refractivity contribution is 0.0696. The topological polar surface area (TPSA) is 83.5 Å². The molecule has 0 aromatic heterocycles. The molecule has 0 radical (unpaired) electrons. The van der Waals surface area contributed by atoms with Crippen molar-refractivity contribution in [3.8, 4) is 0 Å². The van der Waals surface area contributed by atoms with Crippen LogP contribution in [-0.4, -0.2) is 26.0 Å². The average Bonchev–Trinajstić information content (AvgIpc) is 2.35. The second-order valence-electron chi connectivity index (χ2n) is 5.33. The fourth-order valence-corrected chi connectivity index (χ4v) is 2.80. The van der Waals surface area contributed by atoms with Gasteiger partial charge in [0.05, 0.1) is 11.3 Å². The molecule has 0 saturated heterocycles. The molecular weight excluding hydrogens is 278 g/mol. The van der Waals surface area contributed by atoms with Gasteiger partial charge in [0.1, 0.15) is 0 Å². The Bertz CT molecular complexity index is 566. The van der Waals surface area contributed by atoms with E-state index in [1.165, 1.54) is 12.1 Å². The standard InChI is InChI=1S/C14H21NO4S/c1-10(2)11(3)8-15-20(18,19)9-12-5-4-6-13(7-12)14(16)17/h4-7,10-11,15H,8-9H2,1-3H3,(H,16,17). The minimum absolute atomic E-state index is 0.0910. The monoisotopic (exact) mass is 299 g/mol. The summed E-state index contributed by atoms with van der Waals surface area (Å²) in [6.07, 6.45) is 0. The second-order valence-corrected chi connectivity index (χ2v) is 7.14. The number of sulfonamides is 1. The Hall–Kier alpha value is -1.40. The molecule has 0 amide bonds. The molecule has 1 atom stereocenters. The summed E-state index contributed by atoms with van der Waals surface area (Å²) in [6.45, 7) is 6.45. The van der Waals surface area contributed by atoms with Crippen LogP contribution in [0.25, 0.3) is 0 Å². The van der Waals surface area contributed by atoms with Gasteiger partial charge in [-0.1, -0.05) is 32.9 Å². The van der Waals surface area contributed by atoms with Crippen molar-refractivity contribution in [2.45, 2.75) is 26.5 Å². The molecule has 6 heteroatoms. The maximum absolute atomic E-state index is 11.9. The normalized spacial score (nSPS) is 13.4. The molecule has 1 unspecified atom stereocenters. The van der Waals surface area contributed by atoms with Crippen LogP contribution in [0.2, 0.25) is 0 Å². The van der Waals surface area contributed by atoms with Crippen LogP contribution in [0, 0.1) is 11.8 Å². The van der Waals surface area contributed by atoms with Crippen LogP contribution in [-0.2, 0) is 15.8 Å². The van der Waals surface area contributed by atoms with Crippen LogP contribution in [0.4, 0.5) is 0 Å². The minimum Gasteiger partial charge on any atom is -0.478 e. The highest BCUT2D eigenvalue weighted by Crippen LogP contribution is 2.11. The van der Waals surface area contributed by atoms with E-state index in [2.05, 4.69) is 4.72 Å². The molecule has 1 rings (SSSR count). The van der Waals surface area contributed by atoms with Gasteiger partial charge < -0.3 is 5.11 Å². The SMILES string of the molecule is CC(C)C(C)CNS(=O)(=O)Cc1cccc(C(=O)O)c1. The number of rotatable bonds is 7. The van der Waals surface area contributed by atoms with Gasteiger partial charge in [-0.3, -0.25) is 0 Å². The van der Waals surface area contributed by atoms with Gasteiger partial charge in [0.2, 0.25) is 10.0 Å². The molecule has 1 aromatic carbocycles. The molecule has 0 spiro atoms. The predicted octanol–water partition coefficient (Wildman–Crippen LogP) is 2.10. The smallest absolute Gasteiger partial charge is 0.335 e. The quantitative estimate of drug-likeness (QED) is 0.807. The van der Waals surface area contributed by atoms with Gasteiger partial charge in [-0.15, -0.1) is 0 Å². The third-order valence-electron chi connectivity index (χ3n) is 3.29. The maximum atomic E-state index is 11.9. The number of carboxylic acids is 1. The number of benzene rings is 1. The summed E-state index contributed by atoms with van der Waals surface area (Å²) >= 11 is 0. The lowest BCUT2D eigenvalue weighted by atomic mass is 9.99. The Balaban J connectivity index is 2.71. The van der Waals surface area contributed by atoms with Crippen molar-refractivity contribution >= 4 is 16.0 Å². The van der Waals surface area contributed by atoms with E-state index in [0.717, 1.165) is 0 Å². The van der Waals surface area contributed by atoms with E-state index in [9.17, 15) is 13.2 Å². The minimum atomic E-state index is -3.45. The van der Waals surface area contributed by atoms with Crippen molar-refractivity contribution < 1.29 is 18.3 Å². The highest BCUT2D eigenvalue weighted by molar-refractivity contribution is 7.88. The van der Waals surface area contributed by atoms with Gasteiger partial charge in [-0.2, -0.15) is 0 Å². The Morgan fingerprint density at radius 1 is 1.30 bits per heavy atom. The molecule has 112 valence electrons. The first-order chi connectivity index (χ1) is 9.21. The predicted molar refractivity (Wildman–Crippen MR) is 78.0 cm³/mol. The summed E-state index contributed by atoms with van der Waals surface area (Å²) in [4.78, 5) is 10.8. The van der Waals surface area contributed by atoms with Crippen molar-refractivity contribution in [3.63, 3.8) is 0 Å². The molecule has 0 aliphatic rings. The van der Waals surface area contributed by atoms with E-state index >= 15 is 0 Å². The van der Waals surface area contributed by atoms with Crippen LogP contribution in [0.5, 0.6) is 0 Å². The van der Waals surface area contributed by atoms with Gasteiger partial charge >= 0.3 is 5.97 Å². The van der Waals surface area contributed by atoms with Crippen LogP contribution in [0.15, 0.2) is 24.3 Å². The molecular formula is C14H21NO4S. The molecule has 0 aliphatic heterocycles. The summed E-state index contributed by atoms with van der Waals surface area (Å²) in [5.41, 5.74) is 0.558. The average molecular weight is 299 g/mol.